The zero-order valence-electron chi connectivity index (χ0n) is 10.3. The number of amides is 1. The molecule has 1 amide bonds. The van der Waals surface area contributed by atoms with Crippen LogP contribution in [0.4, 0.5) is 5.69 Å². The van der Waals surface area contributed by atoms with E-state index >= 15 is 0 Å². The van der Waals surface area contributed by atoms with Gasteiger partial charge in [-0.25, -0.2) is 0 Å². The zero-order chi connectivity index (χ0) is 12.8. The molecule has 1 fully saturated rings. The molecule has 4 heteroatoms. The van der Waals surface area contributed by atoms with Crippen molar-refractivity contribution in [3.63, 3.8) is 0 Å². The summed E-state index contributed by atoms with van der Waals surface area (Å²) in [6.45, 7) is 0.280. The zero-order valence-corrected chi connectivity index (χ0v) is 10.3. The standard InChI is InChI=1S/C14H17N3O/c15-9-11-5-7-12(8-6-11)16-10-14(18)17-13-3-1-2-4-13/h5-8,13,16H,1-4,10H2,(H,17,18). The second kappa shape index (κ2) is 6.06. The lowest BCUT2D eigenvalue weighted by atomic mass is 10.2. The van der Waals surface area contributed by atoms with Crippen LogP contribution in [0.15, 0.2) is 24.3 Å². The average Bonchev–Trinajstić information content (AvgIpc) is 2.90. The Kier molecular flexibility index (Phi) is 4.19. The molecule has 18 heavy (non-hydrogen) atoms. The Morgan fingerprint density at radius 3 is 2.56 bits per heavy atom. The number of nitriles is 1. The molecule has 0 aromatic heterocycles. The molecule has 1 aromatic carbocycles. The van der Waals surface area contributed by atoms with E-state index in [2.05, 4.69) is 16.7 Å². The monoisotopic (exact) mass is 243 g/mol. The van der Waals surface area contributed by atoms with Crippen LogP contribution in [0.25, 0.3) is 0 Å². The largest absolute Gasteiger partial charge is 0.376 e. The summed E-state index contributed by atoms with van der Waals surface area (Å²) in [5, 5.41) is 14.7. The summed E-state index contributed by atoms with van der Waals surface area (Å²) in [4.78, 5) is 11.7. The second-order valence-electron chi connectivity index (χ2n) is 4.59. The van der Waals surface area contributed by atoms with Gasteiger partial charge in [-0.15, -0.1) is 0 Å². The first-order chi connectivity index (χ1) is 8.78. The van der Waals surface area contributed by atoms with Gasteiger partial charge in [0.2, 0.25) is 5.91 Å². The minimum absolute atomic E-state index is 0.0336. The van der Waals surface area contributed by atoms with Crippen molar-refractivity contribution in [2.24, 2.45) is 0 Å². The van der Waals surface area contributed by atoms with Crippen molar-refractivity contribution in [3.05, 3.63) is 29.8 Å². The molecule has 0 atom stereocenters. The van der Waals surface area contributed by atoms with Crippen molar-refractivity contribution in [1.82, 2.24) is 5.32 Å². The molecule has 1 saturated carbocycles. The molecule has 2 N–H and O–H groups in total. The van der Waals surface area contributed by atoms with Crippen molar-refractivity contribution in [2.45, 2.75) is 31.7 Å². The fraction of sp³-hybridized carbons (Fsp3) is 0.429. The van der Waals surface area contributed by atoms with E-state index in [0.717, 1.165) is 18.5 Å². The van der Waals surface area contributed by atoms with Crippen molar-refractivity contribution in [1.29, 1.82) is 5.26 Å². The van der Waals surface area contributed by atoms with E-state index in [1.165, 1.54) is 12.8 Å². The van der Waals surface area contributed by atoms with Gasteiger partial charge in [-0.1, -0.05) is 12.8 Å². The lowest BCUT2D eigenvalue weighted by Gasteiger charge is -2.12. The molecule has 0 spiro atoms. The maximum Gasteiger partial charge on any atom is 0.239 e. The normalized spacial score (nSPS) is 15.1. The molecule has 0 unspecified atom stereocenters. The number of nitrogens with one attached hydrogen (secondary N) is 2. The van der Waals surface area contributed by atoms with Crippen molar-refractivity contribution < 1.29 is 4.79 Å². The number of rotatable bonds is 4. The number of nitrogens with zero attached hydrogens (tertiary/aromatic N) is 1. The highest BCUT2D eigenvalue weighted by molar-refractivity contribution is 5.81. The number of carbonyl (C=O) groups excluding carboxylic acids is 1. The topological polar surface area (TPSA) is 64.9 Å². The van der Waals surface area contributed by atoms with Crippen LogP contribution in [0.3, 0.4) is 0 Å². The number of anilines is 1. The van der Waals surface area contributed by atoms with Gasteiger partial charge in [-0.2, -0.15) is 5.26 Å². The summed E-state index contributed by atoms with van der Waals surface area (Å²) in [6.07, 6.45) is 4.63. The molecule has 0 radical (unpaired) electrons. The highest BCUT2D eigenvalue weighted by atomic mass is 16.1. The molecule has 0 bridgehead atoms. The minimum atomic E-state index is 0.0336. The third-order valence-electron chi connectivity index (χ3n) is 3.19. The Balaban J connectivity index is 1.76. The second-order valence-corrected chi connectivity index (χ2v) is 4.59. The van der Waals surface area contributed by atoms with Gasteiger partial charge >= 0.3 is 0 Å². The van der Waals surface area contributed by atoms with Crippen molar-refractivity contribution >= 4 is 11.6 Å². The highest BCUT2D eigenvalue weighted by Gasteiger charge is 2.16. The summed E-state index contributed by atoms with van der Waals surface area (Å²) in [5.74, 6) is 0.0336. The van der Waals surface area contributed by atoms with Crippen LogP contribution in [-0.2, 0) is 4.79 Å². The van der Waals surface area contributed by atoms with E-state index in [-0.39, 0.29) is 12.5 Å². The van der Waals surface area contributed by atoms with E-state index in [0.29, 0.717) is 11.6 Å². The van der Waals surface area contributed by atoms with E-state index in [1.54, 1.807) is 24.3 Å². The first-order valence-corrected chi connectivity index (χ1v) is 6.31. The molecule has 1 aromatic rings. The minimum Gasteiger partial charge on any atom is -0.376 e. The lowest BCUT2D eigenvalue weighted by Crippen LogP contribution is -2.36. The number of carbonyl (C=O) groups is 1. The van der Waals surface area contributed by atoms with Crippen molar-refractivity contribution in [3.8, 4) is 6.07 Å². The molecule has 1 aliphatic carbocycles. The van der Waals surface area contributed by atoms with Gasteiger partial charge < -0.3 is 10.6 Å². The molecular weight excluding hydrogens is 226 g/mol. The Morgan fingerprint density at radius 1 is 1.28 bits per heavy atom. The first kappa shape index (κ1) is 12.4. The third-order valence-corrected chi connectivity index (χ3v) is 3.19. The fourth-order valence-corrected chi connectivity index (χ4v) is 2.19. The van der Waals surface area contributed by atoms with Gasteiger partial charge in [0.05, 0.1) is 18.2 Å². The van der Waals surface area contributed by atoms with E-state index in [4.69, 9.17) is 5.26 Å². The van der Waals surface area contributed by atoms with Crippen LogP contribution in [0.2, 0.25) is 0 Å². The third kappa shape index (κ3) is 3.49. The molecule has 2 rings (SSSR count). The van der Waals surface area contributed by atoms with Crippen LogP contribution < -0.4 is 10.6 Å². The van der Waals surface area contributed by atoms with Gasteiger partial charge in [0.1, 0.15) is 0 Å². The molecular formula is C14H17N3O. The lowest BCUT2D eigenvalue weighted by molar-refractivity contribution is -0.120. The maximum absolute atomic E-state index is 11.7. The van der Waals surface area contributed by atoms with E-state index in [9.17, 15) is 4.79 Å². The summed E-state index contributed by atoms with van der Waals surface area (Å²) in [6, 6.07) is 9.50. The molecule has 0 aliphatic heterocycles. The van der Waals surface area contributed by atoms with Gasteiger partial charge in [0.15, 0.2) is 0 Å². The molecule has 0 saturated heterocycles. The van der Waals surface area contributed by atoms with E-state index < -0.39 is 0 Å². The summed E-state index contributed by atoms with van der Waals surface area (Å²) in [7, 11) is 0. The van der Waals surface area contributed by atoms with Gasteiger partial charge in [-0.05, 0) is 37.1 Å². The number of hydrogen-bond acceptors (Lipinski definition) is 3. The summed E-state index contributed by atoms with van der Waals surface area (Å²) in [5.41, 5.74) is 1.48. The van der Waals surface area contributed by atoms with Gasteiger partial charge in [0, 0.05) is 11.7 Å². The smallest absolute Gasteiger partial charge is 0.239 e. The van der Waals surface area contributed by atoms with E-state index in [1.807, 2.05) is 0 Å². The Morgan fingerprint density at radius 2 is 1.94 bits per heavy atom. The predicted octanol–water partition coefficient (Wildman–Crippen LogP) is 2.03. The fourth-order valence-electron chi connectivity index (χ4n) is 2.19. The highest BCUT2D eigenvalue weighted by Crippen LogP contribution is 2.17. The molecule has 1 aliphatic rings. The quantitative estimate of drug-likeness (QED) is 0.850. The Labute approximate surface area is 107 Å². The average molecular weight is 243 g/mol. The van der Waals surface area contributed by atoms with Gasteiger partial charge in [0.25, 0.3) is 0 Å². The predicted molar refractivity (Wildman–Crippen MR) is 70.0 cm³/mol. The maximum atomic E-state index is 11.7. The first-order valence-electron chi connectivity index (χ1n) is 6.31. The molecule has 94 valence electrons. The van der Waals surface area contributed by atoms with Crippen LogP contribution in [0.1, 0.15) is 31.2 Å². The molecule has 4 nitrogen and oxygen atoms in total. The van der Waals surface area contributed by atoms with Crippen LogP contribution >= 0.6 is 0 Å². The SMILES string of the molecule is N#Cc1ccc(NCC(=O)NC2CCCC2)cc1. The van der Waals surface area contributed by atoms with Crippen LogP contribution in [-0.4, -0.2) is 18.5 Å². The Hall–Kier alpha value is -2.02. The Bertz CT molecular complexity index is 441. The molecule has 0 heterocycles. The number of benzene rings is 1. The number of hydrogen-bond donors (Lipinski definition) is 2. The summed E-state index contributed by atoms with van der Waals surface area (Å²) >= 11 is 0. The van der Waals surface area contributed by atoms with Crippen LogP contribution in [0.5, 0.6) is 0 Å². The van der Waals surface area contributed by atoms with Crippen molar-refractivity contribution in [2.75, 3.05) is 11.9 Å². The van der Waals surface area contributed by atoms with Gasteiger partial charge in [-0.3, -0.25) is 4.79 Å². The summed E-state index contributed by atoms with van der Waals surface area (Å²) < 4.78 is 0. The van der Waals surface area contributed by atoms with Crippen LogP contribution in [0, 0.1) is 11.3 Å².